The molecule has 1 aromatic carbocycles. The normalized spacial score (nSPS) is 14.8. The topological polar surface area (TPSA) is 47.3 Å². The van der Waals surface area contributed by atoms with Gasteiger partial charge in [0.25, 0.3) is 0 Å². The number of benzene rings is 1. The van der Waals surface area contributed by atoms with Crippen LogP contribution < -0.4 is 4.74 Å². The molecule has 3 rings (SSSR count). The minimum atomic E-state index is 0.250. The van der Waals surface area contributed by atoms with Crippen molar-refractivity contribution >= 4 is 0 Å². The van der Waals surface area contributed by atoms with Gasteiger partial charge in [0.05, 0.1) is 18.2 Å². The van der Waals surface area contributed by atoms with Crippen molar-refractivity contribution in [3.8, 4) is 11.5 Å². The second kappa shape index (κ2) is 4.13. The molecule has 0 amide bonds. The van der Waals surface area contributed by atoms with E-state index < -0.39 is 0 Å². The Hall–Kier alpha value is -1.97. The maximum atomic E-state index is 9.16. The van der Waals surface area contributed by atoms with Crippen LogP contribution in [-0.2, 0) is 6.61 Å². The summed E-state index contributed by atoms with van der Waals surface area (Å²) in [5, 5.41) is 9.16. The zero-order valence-electron chi connectivity index (χ0n) is 9.41. The summed E-state index contributed by atoms with van der Waals surface area (Å²) in [5.41, 5.74) is 1.10. The lowest BCUT2D eigenvalue weighted by Crippen LogP contribution is -2.03. The molecule has 1 heterocycles. The average Bonchev–Trinajstić information content (AvgIpc) is 3.08. The van der Waals surface area contributed by atoms with Crippen molar-refractivity contribution in [2.45, 2.75) is 25.5 Å². The van der Waals surface area contributed by atoms with Crippen LogP contribution in [0.4, 0.5) is 0 Å². The molecule has 0 aliphatic heterocycles. The summed E-state index contributed by atoms with van der Waals surface area (Å²) in [6.45, 7) is 0.515. The van der Waals surface area contributed by atoms with Crippen molar-refractivity contribution in [3.05, 3.63) is 42.5 Å². The molecule has 0 radical (unpaired) electrons. The number of aromatic nitrogens is 2. The minimum Gasteiger partial charge on any atom is -0.508 e. The van der Waals surface area contributed by atoms with Crippen LogP contribution >= 0.6 is 0 Å². The second-order valence-electron chi connectivity index (χ2n) is 4.31. The van der Waals surface area contributed by atoms with E-state index in [0.29, 0.717) is 12.6 Å². The second-order valence-corrected chi connectivity index (χ2v) is 4.31. The number of hydrogen-bond donors (Lipinski definition) is 1. The van der Waals surface area contributed by atoms with Crippen molar-refractivity contribution < 1.29 is 9.84 Å². The smallest absolute Gasteiger partial charge is 0.130 e. The highest BCUT2D eigenvalue weighted by atomic mass is 16.5. The number of nitrogens with zero attached hydrogens (tertiary/aromatic N) is 2. The van der Waals surface area contributed by atoms with Gasteiger partial charge in [-0.15, -0.1) is 0 Å². The first-order valence-corrected chi connectivity index (χ1v) is 5.75. The van der Waals surface area contributed by atoms with Gasteiger partial charge >= 0.3 is 0 Å². The van der Waals surface area contributed by atoms with Crippen LogP contribution in [-0.4, -0.2) is 14.7 Å². The van der Waals surface area contributed by atoms with Crippen molar-refractivity contribution in [2.24, 2.45) is 0 Å². The molecule has 4 nitrogen and oxygen atoms in total. The largest absolute Gasteiger partial charge is 0.508 e. The van der Waals surface area contributed by atoms with E-state index in [4.69, 9.17) is 9.84 Å². The monoisotopic (exact) mass is 230 g/mol. The van der Waals surface area contributed by atoms with Gasteiger partial charge < -0.3 is 14.4 Å². The summed E-state index contributed by atoms with van der Waals surface area (Å²) in [4.78, 5) is 4.15. The fraction of sp³-hybridized carbons (Fsp3) is 0.308. The van der Waals surface area contributed by atoms with E-state index in [0.717, 1.165) is 11.4 Å². The van der Waals surface area contributed by atoms with Crippen LogP contribution in [0.25, 0.3) is 0 Å². The summed E-state index contributed by atoms with van der Waals surface area (Å²) in [5.74, 6) is 1.01. The number of rotatable bonds is 4. The first-order valence-electron chi connectivity index (χ1n) is 5.75. The van der Waals surface area contributed by atoms with Crippen molar-refractivity contribution in [3.63, 3.8) is 0 Å². The molecule has 17 heavy (non-hydrogen) atoms. The lowest BCUT2D eigenvalue weighted by molar-refractivity contribution is 0.294. The molecule has 1 N–H and O–H groups in total. The molecule has 0 saturated heterocycles. The van der Waals surface area contributed by atoms with Gasteiger partial charge in [-0.1, -0.05) is 0 Å². The van der Waals surface area contributed by atoms with Crippen LogP contribution in [0.2, 0.25) is 0 Å². The molecule has 88 valence electrons. The summed E-state index contributed by atoms with van der Waals surface area (Å²) in [7, 11) is 0. The van der Waals surface area contributed by atoms with E-state index in [-0.39, 0.29) is 5.75 Å². The highest BCUT2D eigenvalue weighted by Gasteiger charge is 2.25. The van der Waals surface area contributed by atoms with Gasteiger partial charge in [-0.25, -0.2) is 4.98 Å². The summed E-state index contributed by atoms with van der Waals surface area (Å²) >= 11 is 0. The van der Waals surface area contributed by atoms with Crippen LogP contribution in [0.5, 0.6) is 11.5 Å². The quantitative estimate of drug-likeness (QED) is 0.877. The van der Waals surface area contributed by atoms with E-state index >= 15 is 0 Å². The Morgan fingerprint density at radius 1 is 1.29 bits per heavy atom. The predicted molar refractivity (Wildman–Crippen MR) is 62.9 cm³/mol. The van der Waals surface area contributed by atoms with Crippen LogP contribution in [0.1, 0.15) is 24.6 Å². The number of imidazole rings is 1. The maximum absolute atomic E-state index is 9.16. The Morgan fingerprint density at radius 2 is 2.06 bits per heavy atom. The van der Waals surface area contributed by atoms with Crippen molar-refractivity contribution in [1.29, 1.82) is 0 Å². The predicted octanol–water partition coefficient (Wildman–Crippen LogP) is 2.50. The Labute approximate surface area is 99.5 Å². The number of aromatic hydroxyl groups is 1. The Morgan fingerprint density at radius 3 is 2.76 bits per heavy atom. The van der Waals surface area contributed by atoms with Gasteiger partial charge in [-0.2, -0.15) is 0 Å². The van der Waals surface area contributed by atoms with Gasteiger partial charge in [0.15, 0.2) is 0 Å². The van der Waals surface area contributed by atoms with Gasteiger partial charge in [0, 0.05) is 6.04 Å². The Kier molecular flexibility index (Phi) is 2.48. The van der Waals surface area contributed by atoms with E-state index in [9.17, 15) is 0 Å². The van der Waals surface area contributed by atoms with Gasteiger partial charge in [0.2, 0.25) is 0 Å². The molecule has 1 aliphatic rings. The summed E-state index contributed by atoms with van der Waals surface area (Å²) in [6, 6.07) is 7.37. The highest BCUT2D eigenvalue weighted by molar-refractivity contribution is 5.30. The molecular formula is C13H14N2O2. The van der Waals surface area contributed by atoms with Gasteiger partial charge in [0.1, 0.15) is 18.1 Å². The molecular weight excluding hydrogens is 216 g/mol. The molecule has 0 atom stereocenters. The molecule has 1 aliphatic carbocycles. The van der Waals surface area contributed by atoms with Crippen LogP contribution in [0, 0.1) is 0 Å². The third kappa shape index (κ3) is 2.25. The number of phenols is 1. The molecule has 1 fully saturated rings. The third-order valence-corrected chi connectivity index (χ3v) is 2.91. The molecule has 4 heteroatoms. The van der Waals surface area contributed by atoms with E-state index in [1.165, 1.54) is 12.8 Å². The third-order valence-electron chi connectivity index (χ3n) is 2.91. The van der Waals surface area contributed by atoms with Crippen molar-refractivity contribution in [1.82, 2.24) is 9.55 Å². The Balaban J connectivity index is 1.67. The lowest BCUT2D eigenvalue weighted by Gasteiger charge is -2.08. The first kappa shape index (κ1) is 10.2. The molecule has 0 unspecified atom stereocenters. The molecule has 2 aromatic rings. The Bertz CT molecular complexity index is 500. The number of ether oxygens (including phenoxy) is 1. The van der Waals surface area contributed by atoms with E-state index in [1.54, 1.807) is 24.3 Å². The summed E-state index contributed by atoms with van der Waals surface area (Å²) in [6.07, 6.45) is 6.19. The minimum absolute atomic E-state index is 0.250. The first-order chi connectivity index (χ1) is 8.33. The molecule has 0 bridgehead atoms. The van der Waals surface area contributed by atoms with Crippen LogP contribution in [0.3, 0.4) is 0 Å². The van der Waals surface area contributed by atoms with Crippen LogP contribution in [0.15, 0.2) is 36.8 Å². The number of hydrogen-bond acceptors (Lipinski definition) is 3. The SMILES string of the molecule is Oc1ccc(OCc2cncn2C2CC2)cc1. The molecule has 1 aromatic heterocycles. The summed E-state index contributed by atoms with van der Waals surface area (Å²) < 4.78 is 7.83. The zero-order valence-corrected chi connectivity index (χ0v) is 9.41. The van der Waals surface area contributed by atoms with E-state index in [1.807, 2.05) is 12.5 Å². The van der Waals surface area contributed by atoms with Gasteiger partial charge in [-0.3, -0.25) is 0 Å². The zero-order chi connectivity index (χ0) is 11.7. The lowest BCUT2D eigenvalue weighted by atomic mass is 10.3. The van der Waals surface area contributed by atoms with E-state index in [2.05, 4.69) is 9.55 Å². The molecule has 0 spiro atoms. The fourth-order valence-electron chi connectivity index (χ4n) is 1.82. The van der Waals surface area contributed by atoms with Gasteiger partial charge in [-0.05, 0) is 37.1 Å². The average molecular weight is 230 g/mol. The maximum Gasteiger partial charge on any atom is 0.130 e. The standard InChI is InChI=1S/C13H14N2O2/c16-12-3-5-13(6-4-12)17-8-11-7-14-9-15(11)10-1-2-10/h3-7,9-10,16H,1-2,8H2. The van der Waals surface area contributed by atoms with Crippen molar-refractivity contribution in [2.75, 3.05) is 0 Å². The highest BCUT2D eigenvalue weighted by Crippen LogP contribution is 2.35. The number of phenolic OH excluding ortho intramolecular Hbond substituents is 1. The molecule has 1 saturated carbocycles. The fourth-order valence-corrected chi connectivity index (χ4v) is 1.82.